The third-order valence-electron chi connectivity index (χ3n) is 2.74. The number of hydrazine groups is 1. The molecule has 0 atom stereocenters. The molecule has 0 spiro atoms. The molecule has 0 radical (unpaired) electrons. The predicted octanol–water partition coefficient (Wildman–Crippen LogP) is 0.321. The van der Waals surface area contributed by atoms with Crippen molar-refractivity contribution in [1.29, 1.82) is 0 Å². The summed E-state index contributed by atoms with van der Waals surface area (Å²) in [6.07, 6.45) is 0. The van der Waals surface area contributed by atoms with Gasteiger partial charge in [0.2, 0.25) is 0 Å². The molecule has 2 heterocycles. The first-order chi connectivity index (χ1) is 8.93. The second-order valence-electron chi connectivity index (χ2n) is 3.96. The van der Waals surface area contributed by atoms with Crippen LogP contribution in [-0.2, 0) is 4.74 Å². The molecule has 1 saturated heterocycles. The number of rotatable bonds is 3. The van der Waals surface area contributed by atoms with E-state index in [0.29, 0.717) is 5.95 Å². The Bertz CT molecular complexity index is 493. The molecule has 1 aliphatic rings. The molecule has 0 amide bonds. The maximum atomic E-state index is 5.29. The maximum absolute atomic E-state index is 5.29. The third kappa shape index (κ3) is 2.31. The highest BCUT2D eigenvalue weighted by Gasteiger charge is 2.14. The number of nitrogens with zero attached hydrogens (tertiary/aromatic N) is 5. The molecule has 0 bridgehead atoms. The summed E-state index contributed by atoms with van der Waals surface area (Å²) in [5.74, 6) is 0.614. The summed E-state index contributed by atoms with van der Waals surface area (Å²) in [5.41, 5.74) is 4.14. The van der Waals surface area contributed by atoms with Crippen molar-refractivity contribution >= 4 is 5.95 Å². The highest BCUT2D eigenvalue weighted by molar-refractivity contribution is 5.37. The second-order valence-corrected chi connectivity index (χ2v) is 3.96. The number of para-hydroxylation sites is 1. The minimum absolute atomic E-state index is 0.614. The maximum Gasteiger partial charge on any atom is 0.262 e. The number of hydrogen-bond acceptors (Lipinski definition) is 6. The van der Waals surface area contributed by atoms with Crippen LogP contribution < -0.4 is 5.43 Å². The lowest BCUT2D eigenvalue weighted by molar-refractivity contribution is 0.0491. The van der Waals surface area contributed by atoms with Crippen LogP contribution in [0.5, 0.6) is 0 Å². The van der Waals surface area contributed by atoms with E-state index in [0.717, 1.165) is 32.0 Å². The smallest absolute Gasteiger partial charge is 0.262 e. The molecule has 0 saturated carbocycles. The zero-order chi connectivity index (χ0) is 12.2. The number of morpholine rings is 1. The van der Waals surface area contributed by atoms with Crippen molar-refractivity contribution < 1.29 is 4.74 Å². The fourth-order valence-electron chi connectivity index (χ4n) is 1.82. The minimum atomic E-state index is 0.614. The fourth-order valence-corrected chi connectivity index (χ4v) is 1.82. The van der Waals surface area contributed by atoms with Gasteiger partial charge in [-0.2, -0.15) is 4.68 Å². The van der Waals surface area contributed by atoms with E-state index in [-0.39, 0.29) is 0 Å². The second kappa shape index (κ2) is 5.11. The highest BCUT2D eigenvalue weighted by atomic mass is 16.5. The molecule has 1 fully saturated rings. The molecule has 2 aromatic rings. The zero-order valence-electron chi connectivity index (χ0n) is 9.86. The average molecular weight is 246 g/mol. The van der Waals surface area contributed by atoms with Crippen LogP contribution in [0.1, 0.15) is 0 Å². The first-order valence-electron chi connectivity index (χ1n) is 5.86. The zero-order valence-corrected chi connectivity index (χ0v) is 9.86. The van der Waals surface area contributed by atoms with Crippen LogP contribution in [0, 0.1) is 0 Å². The first-order valence-corrected chi connectivity index (χ1v) is 5.86. The molecule has 7 nitrogen and oxygen atoms in total. The van der Waals surface area contributed by atoms with Crippen LogP contribution in [0.15, 0.2) is 30.3 Å². The quantitative estimate of drug-likeness (QED) is 0.841. The van der Waals surface area contributed by atoms with Crippen molar-refractivity contribution in [2.45, 2.75) is 0 Å². The van der Waals surface area contributed by atoms with Crippen molar-refractivity contribution in [3.05, 3.63) is 30.3 Å². The normalized spacial score (nSPS) is 16.7. The van der Waals surface area contributed by atoms with Gasteiger partial charge in [-0.15, -0.1) is 0 Å². The number of aromatic nitrogens is 4. The highest BCUT2D eigenvalue weighted by Crippen LogP contribution is 2.11. The van der Waals surface area contributed by atoms with Gasteiger partial charge in [0.15, 0.2) is 0 Å². The summed E-state index contributed by atoms with van der Waals surface area (Å²) in [6, 6.07) is 9.79. The SMILES string of the molecule is c1ccc(-n2nnnc2NN2CCOCC2)cc1. The van der Waals surface area contributed by atoms with Crippen LogP contribution in [0.3, 0.4) is 0 Å². The number of ether oxygens (including phenoxy) is 1. The summed E-state index contributed by atoms with van der Waals surface area (Å²) in [7, 11) is 0. The molecule has 1 aromatic heterocycles. The van der Waals surface area contributed by atoms with Crippen LogP contribution in [0.4, 0.5) is 5.95 Å². The molecule has 1 aromatic carbocycles. The molecule has 0 unspecified atom stereocenters. The van der Waals surface area contributed by atoms with E-state index >= 15 is 0 Å². The van der Waals surface area contributed by atoms with E-state index in [1.54, 1.807) is 4.68 Å². The van der Waals surface area contributed by atoms with Crippen molar-refractivity contribution in [3.8, 4) is 5.69 Å². The Morgan fingerprint density at radius 1 is 1.11 bits per heavy atom. The lowest BCUT2D eigenvalue weighted by Crippen LogP contribution is -2.41. The molecule has 3 rings (SSSR count). The predicted molar refractivity (Wildman–Crippen MR) is 65.2 cm³/mol. The number of anilines is 1. The molecule has 7 heteroatoms. The average Bonchev–Trinajstić information content (AvgIpc) is 2.89. The van der Waals surface area contributed by atoms with E-state index in [2.05, 4.69) is 26.0 Å². The van der Waals surface area contributed by atoms with Gasteiger partial charge in [-0.3, -0.25) is 5.43 Å². The summed E-state index contributed by atoms with van der Waals surface area (Å²) in [5, 5.41) is 13.7. The van der Waals surface area contributed by atoms with Gasteiger partial charge in [0.1, 0.15) is 0 Å². The Labute approximate surface area is 104 Å². The van der Waals surface area contributed by atoms with Crippen LogP contribution in [0.2, 0.25) is 0 Å². The summed E-state index contributed by atoms with van der Waals surface area (Å²) in [6.45, 7) is 3.09. The molecule has 1 aliphatic heterocycles. The summed E-state index contributed by atoms with van der Waals surface area (Å²) in [4.78, 5) is 0. The van der Waals surface area contributed by atoms with E-state index in [1.807, 2.05) is 30.3 Å². The van der Waals surface area contributed by atoms with E-state index < -0.39 is 0 Å². The standard InChI is InChI=1S/C11H14N6O/c1-2-4-10(5-3-1)17-11(12-14-15-17)13-16-6-8-18-9-7-16/h1-5H,6-9H2,(H,12,13,15). The first kappa shape index (κ1) is 11.1. The topological polar surface area (TPSA) is 68.1 Å². The molecule has 1 N–H and O–H groups in total. The molecule has 18 heavy (non-hydrogen) atoms. The van der Waals surface area contributed by atoms with Gasteiger partial charge >= 0.3 is 0 Å². The molecular weight excluding hydrogens is 232 g/mol. The molecule has 94 valence electrons. The van der Waals surface area contributed by atoms with Crippen LogP contribution >= 0.6 is 0 Å². The summed E-state index contributed by atoms with van der Waals surface area (Å²) >= 11 is 0. The Hall–Kier alpha value is -1.99. The van der Waals surface area contributed by atoms with E-state index in [9.17, 15) is 0 Å². The molecular formula is C11H14N6O. The van der Waals surface area contributed by atoms with Crippen molar-refractivity contribution in [2.24, 2.45) is 0 Å². The minimum Gasteiger partial charge on any atom is -0.379 e. The molecule has 0 aliphatic carbocycles. The van der Waals surface area contributed by atoms with Crippen LogP contribution in [-0.4, -0.2) is 51.5 Å². The number of hydrogen-bond donors (Lipinski definition) is 1. The lowest BCUT2D eigenvalue weighted by Gasteiger charge is -2.26. The number of nitrogens with one attached hydrogen (secondary N) is 1. The lowest BCUT2D eigenvalue weighted by atomic mass is 10.3. The van der Waals surface area contributed by atoms with Gasteiger partial charge in [0, 0.05) is 13.1 Å². The van der Waals surface area contributed by atoms with Gasteiger partial charge in [-0.1, -0.05) is 23.3 Å². The monoisotopic (exact) mass is 246 g/mol. The number of benzene rings is 1. The van der Waals surface area contributed by atoms with Gasteiger partial charge in [-0.25, -0.2) is 5.01 Å². The van der Waals surface area contributed by atoms with Crippen LogP contribution in [0.25, 0.3) is 5.69 Å². The van der Waals surface area contributed by atoms with Gasteiger partial charge in [-0.05, 0) is 22.6 Å². The van der Waals surface area contributed by atoms with E-state index in [4.69, 9.17) is 4.74 Å². The van der Waals surface area contributed by atoms with E-state index in [1.165, 1.54) is 0 Å². The van der Waals surface area contributed by atoms with Crippen molar-refractivity contribution in [3.63, 3.8) is 0 Å². The Balaban J connectivity index is 1.79. The largest absolute Gasteiger partial charge is 0.379 e. The van der Waals surface area contributed by atoms with Crippen molar-refractivity contribution in [2.75, 3.05) is 31.7 Å². The Morgan fingerprint density at radius 3 is 2.67 bits per heavy atom. The number of tetrazole rings is 1. The third-order valence-corrected chi connectivity index (χ3v) is 2.74. The van der Waals surface area contributed by atoms with Crippen molar-refractivity contribution in [1.82, 2.24) is 25.2 Å². The van der Waals surface area contributed by atoms with Gasteiger partial charge in [0.05, 0.1) is 18.9 Å². The van der Waals surface area contributed by atoms with Gasteiger partial charge in [0.25, 0.3) is 5.95 Å². The summed E-state index contributed by atoms with van der Waals surface area (Å²) < 4.78 is 6.97. The Kier molecular flexibility index (Phi) is 3.16. The fraction of sp³-hybridized carbons (Fsp3) is 0.364. The Morgan fingerprint density at radius 2 is 1.89 bits per heavy atom. The van der Waals surface area contributed by atoms with Gasteiger partial charge < -0.3 is 4.74 Å².